The van der Waals surface area contributed by atoms with E-state index in [1.165, 1.54) is 0 Å². The predicted octanol–water partition coefficient (Wildman–Crippen LogP) is 3.25. The van der Waals surface area contributed by atoms with E-state index in [2.05, 4.69) is 13.8 Å². The normalized spacial score (nSPS) is 12.6. The summed E-state index contributed by atoms with van der Waals surface area (Å²) in [6, 6.07) is 7.74. The van der Waals surface area contributed by atoms with Gasteiger partial charge in [0.25, 0.3) is 0 Å². The van der Waals surface area contributed by atoms with Crippen LogP contribution in [0.1, 0.15) is 33.3 Å². The largest absolute Gasteiger partial charge is 0.497 e. The molecular weight excluding hydrogens is 238 g/mol. The lowest BCUT2D eigenvalue weighted by Crippen LogP contribution is -2.21. The summed E-state index contributed by atoms with van der Waals surface area (Å²) in [5, 5.41) is 0. The highest BCUT2D eigenvalue weighted by molar-refractivity contribution is 6.00. The molecule has 0 heterocycles. The second kappa shape index (κ2) is 6.41. The van der Waals surface area contributed by atoms with Crippen molar-refractivity contribution in [3.63, 3.8) is 0 Å². The number of allylic oxidation sites excluding steroid dienone is 1. The Morgan fingerprint density at radius 3 is 1.89 bits per heavy atom. The number of nitrogens with two attached hydrogens (primary N) is 1. The molecule has 0 atom stereocenters. The number of carbonyl (C=O) groups excluding carboxylic acids is 1. The first-order valence-electron chi connectivity index (χ1n) is 6.56. The molecule has 0 aliphatic heterocycles. The molecule has 0 saturated carbocycles. The molecule has 0 saturated heterocycles. The van der Waals surface area contributed by atoms with Crippen LogP contribution in [-0.4, -0.2) is 13.0 Å². The molecule has 104 valence electrons. The van der Waals surface area contributed by atoms with Gasteiger partial charge in [0.05, 0.1) is 7.11 Å². The topological polar surface area (TPSA) is 52.3 Å². The third-order valence-electron chi connectivity index (χ3n) is 3.11. The Bertz CT molecular complexity index is 470. The molecule has 0 radical (unpaired) electrons. The van der Waals surface area contributed by atoms with Crippen LogP contribution in [0.3, 0.4) is 0 Å². The summed E-state index contributed by atoms with van der Waals surface area (Å²) in [5.74, 6) is 0.807. The Kier molecular flexibility index (Phi) is 5.16. The Labute approximate surface area is 115 Å². The fourth-order valence-electron chi connectivity index (χ4n) is 2.30. The van der Waals surface area contributed by atoms with Crippen molar-refractivity contribution in [2.75, 3.05) is 7.11 Å². The minimum atomic E-state index is -0.338. The quantitative estimate of drug-likeness (QED) is 0.827. The second-order valence-corrected chi connectivity index (χ2v) is 5.23. The molecule has 2 N–H and O–H groups in total. The molecule has 19 heavy (non-hydrogen) atoms. The Balaban J connectivity index is 3.40. The van der Waals surface area contributed by atoms with E-state index in [1.807, 2.05) is 38.1 Å². The van der Waals surface area contributed by atoms with Crippen molar-refractivity contribution in [3.8, 4) is 5.75 Å². The van der Waals surface area contributed by atoms with Gasteiger partial charge in [0, 0.05) is 5.57 Å². The zero-order valence-corrected chi connectivity index (χ0v) is 12.4. The van der Waals surface area contributed by atoms with Crippen LogP contribution >= 0.6 is 0 Å². The lowest BCUT2D eigenvalue weighted by molar-refractivity contribution is -0.114. The van der Waals surface area contributed by atoms with Gasteiger partial charge in [-0.05, 0) is 35.1 Å². The van der Waals surface area contributed by atoms with Gasteiger partial charge in [0.2, 0.25) is 5.91 Å². The van der Waals surface area contributed by atoms with E-state index in [9.17, 15) is 4.79 Å². The molecule has 0 bridgehead atoms. The molecule has 0 fully saturated rings. The molecule has 1 aromatic carbocycles. The van der Waals surface area contributed by atoms with E-state index in [1.54, 1.807) is 7.11 Å². The summed E-state index contributed by atoms with van der Waals surface area (Å²) in [5.41, 5.74) is 8.30. The van der Waals surface area contributed by atoms with Gasteiger partial charge in [0.15, 0.2) is 0 Å². The molecule has 0 aliphatic rings. The fourth-order valence-corrected chi connectivity index (χ4v) is 2.30. The Morgan fingerprint density at radius 2 is 1.58 bits per heavy atom. The highest BCUT2D eigenvalue weighted by Gasteiger charge is 2.20. The SMILES string of the molecule is COc1ccc(C(=C(C(N)=O)C(C)C)C(C)C)cc1. The number of methoxy groups -OCH3 is 1. The number of carbonyl (C=O) groups is 1. The first kappa shape index (κ1) is 15.3. The van der Waals surface area contributed by atoms with Crippen molar-refractivity contribution in [3.05, 3.63) is 35.4 Å². The number of amides is 1. The highest BCUT2D eigenvalue weighted by Crippen LogP contribution is 2.31. The number of ether oxygens (including phenoxy) is 1. The zero-order chi connectivity index (χ0) is 14.6. The van der Waals surface area contributed by atoms with Crippen molar-refractivity contribution in [1.82, 2.24) is 0 Å². The number of rotatable bonds is 5. The molecule has 0 aliphatic carbocycles. The van der Waals surface area contributed by atoms with E-state index >= 15 is 0 Å². The van der Waals surface area contributed by atoms with E-state index in [4.69, 9.17) is 10.5 Å². The highest BCUT2D eigenvalue weighted by atomic mass is 16.5. The number of hydrogen-bond donors (Lipinski definition) is 1. The molecule has 3 heteroatoms. The smallest absolute Gasteiger partial charge is 0.245 e. The van der Waals surface area contributed by atoms with Crippen LogP contribution in [0.15, 0.2) is 29.8 Å². The minimum absolute atomic E-state index is 0.108. The summed E-state index contributed by atoms with van der Waals surface area (Å²) >= 11 is 0. The number of primary amides is 1. The Morgan fingerprint density at radius 1 is 1.05 bits per heavy atom. The van der Waals surface area contributed by atoms with E-state index in [0.29, 0.717) is 5.57 Å². The monoisotopic (exact) mass is 261 g/mol. The molecule has 0 unspecified atom stereocenters. The molecule has 0 aromatic heterocycles. The van der Waals surface area contributed by atoms with Gasteiger partial charge in [-0.25, -0.2) is 0 Å². The molecule has 0 spiro atoms. The summed E-state index contributed by atoms with van der Waals surface area (Å²) in [4.78, 5) is 11.7. The lowest BCUT2D eigenvalue weighted by atomic mass is 9.85. The van der Waals surface area contributed by atoms with Gasteiger partial charge in [-0.1, -0.05) is 39.8 Å². The number of benzene rings is 1. The molecule has 1 amide bonds. The average molecular weight is 261 g/mol. The fraction of sp³-hybridized carbons (Fsp3) is 0.438. The van der Waals surface area contributed by atoms with E-state index in [-0.39, 0.29) is 17.7 Å². The average Bonchev–Trinajstić information content (AvgIpc) is 2.34. The van der Waals surface area contributed by atoms with Crippen LogP contribution in [0.5, 0.6) is 5.75 Å². The first-order chi connectivity index (χ1) is 8.88. The molecule has 3 nitrogen and oxygen atoms in total. The number of hydrogen-bond acceptors (Lipinski definition) is 2. The first-order valence-corrected chi connectivity index (χ1v) is 6.56. The third-order valence-corrected chi connectivity index (χ3v) is 3.11. The predicted molar refractivity (Wildman–Crippen MR) is 78.8 cm³/mol. The van der Waals surface area contributed by atoms with Crippen molar-refractivity contribution < 1.29 is 9.53 Å². The van der Waals surface area contributed by atoms with Crippen LogP contribution in [0, 0.1) is 11.8 Å². The van der Waals surface area contributed by atoms with Crippen LogP contribution < -0.4 is 10.5 Å². The lowest BCUT2D eigenvalue weighted by Gasteiger charge is -2.19. The van der Waals surface area contributed by atoms with Crippen molar-refractivity contribution in [2.45, 2.75) is 27.7 Å². The van der Waals surface area contributed by atoms with Gasteiger partial charge < -0.3 is 10.5 Å². The Hall–Kier alpha value is -1.77. The molecular formula is C16H23NO2. The summed E-state index contributed by atoms with van der Waals surface area (Å²) in [6.45, 7) is 8.13. The summed E-state index contributed by atoms with van der Waals surface area (Å²) < 4.78 is 5.16. The van der Waals surface area contributed by atoms with Gasteiger partial charge in [-0.2, -0.15) is 0 Å². The van der Waals surface area contributed by atoms with Gasteiger partial charge in [0.1, 0.15) is 5.75 Å². The van der Waals surface area contributed by atoms with Crippen LogP contribution in [0.2, 0.25) is 0 Å². The van der Waals surface area contributed by atoms with Gasteiger partial charge >= 0.3 is 0 Å². The van der Waals surface area contributed by atoms with Crippen LogP contribution in [0.4, 0.5) is 0 Å². The van der Waals surface area contributed by atoms with Crippen molar-refractivity contribution in [1.29, 1.82) is 0 Å². The van der Waals surface area contributed by atoms with Gasteiger partial charge in [-0.3, -0.25) is 4.79 Å². The molecule has 1 aromatic rings. The van der Waals surface area contributed by atoms with Crippen LogP contribution in [-0.2, 0) is 4.79 Å². The van der Waals surface area contributed by atoms with E-state index in [0.717, 1.165) is 16.9 Å². The van der Waals surface area contributed by atoms with Crippen molar-refractivity contribution >= 4 is 11.5 Å². The summed E-state index contributed by atoms with van der Waals surface area (Å²) in [7, 11) is 1.64. The van der Waals surface area contributed by atoms with E-state index < -0.39 is 0 Å². The minimum Gasteiger partial charge on any atom is -0.497 e. The zero-order valence-electron chi connectivity index (χ0n) is 12.4. The maximum Gasteiger partial charge on any atom is 0.245 e. The third kappa shape index (κ3) is 3.60. The second-order valence-electron chi connectivity index (χ2n) is 5.23. The standard InChI is InChI=1S/C16H23NO2/c1-10(2)14(15(11(3)4)16(17)18)12-6-8-13(19-5)9-7-12/h6-11H,1-5H3,(H2,17,18). The van der Waals surface area contributed by atoms with Crippen molar-refractivity contribution in [2.24, 2.45) is 17.6 Å². The van der Waals surface area contributed by atoms with Crippen LogP contribution in [0.25, 0.3) is 5.57 Å². The maximum absolute atomic E-state index is 11.7. The maximum atomic E-state index is 11.7. The summed E-state index contributed by atoms with van der Waals surface area (Å²) in [6.07, 6.45) is 0. The molecule has 1 rings (SSSR count). The van der Waals surface area contributed by atoms with Gasteiger partial charge in [-0.15, -0.1) is 0 Å².